The quantitative estimate of drug-likeness (QED) is 0.873. The lowest BCUT2D eigenvalue weighted by Crippen LogP contribution is -2.35. The zero-order valence-electron chi connectivity index (χ0n) is 14.5. The molecule has 2 aliphatic heterocycles. The maximum absolute atomic E-state index is 12.6. The molecule has 0 saturated heterocycles. The number of amides is 1. The van der Waals surface area contributed by atoms with E-state index in [-0.39, 0.29) is 11.4 Å². The van der Waals surface area contributed by atoms with Crippen molar-refractivity contribution in [2.24, 2.45) is 0 Å². The molecule has 5 heteroatoms. The van der Waals surface area contributed by atoms with Crippen LogP contribution >= 0.6 is 0 Å². The number of carbonyl (C=O) groups excluding carboxylic acids is 1. The lowest BCUT2D eigenvalue weighted by Gasteiger charge is -2.34. The van der Waals surface area contributed by atoms with Gasteiger partial charge in [0.15, 0.2) is 11.5 Å². The molecule has 0 bridgehead atoms. The van der Waals surface area contributed by atoms with E-state index in [0.717, 1.165) is 18.5 Å². The Morgan fingerprint density at radius 1 is 1.08 bits per heavy atom. The Bertz CT molecular complexity index is 830. The molecule has 5 nitrogen and oxygen atoms in total. The Balaban J connectivity index is 1.52. The molecule has 0 aromatic heterocycles. The maximum atomic E-state index is 12.6. The average molecular weight is 338 g/mol. The van der Waals surface area contributed by atoms with Crippen molar-refractivity contribution >= 4 is 17.3 Å². The maximum Gasteiger partial charge on any atom is 0.255 e. The summed E-state index contributed by atoms with van der Waals surface area (Å²) in [4.78, 5) is 12.6. The molecule has 2 aliphatic rings. The second kappa shape index (κ2) is 5.99. The van der Waals surface area contributed by atoms with Gasteiger partial charge < -0.3 is 20.1 Å². The molecule has 2 heterocycles. The highest BCUT2D eigenvalue weighted by Gasteiger charge is 2.24. The zero-order valence-corrected chi connectivity index (χ0v) is 14.5. The van der Waals surface area contributed by atoms with E-state index in [1.54, 1.807) is 6.07 Å². The molecule has 25 heavy (non-hydrogen) atoms. The molecule has 2 aromatic rings. The van der Waals surface area contributed by atoms with Crippen LogP contribution in [0, 0.1) is 0 Å². The molecule has 0 radical (unpaired) electrons. The van der Waals surface area contributed by atoms with Crippen molar-refractivity contribution < 1.29 is 14.3 Å². The lowest BCUT2D eigenvalue weighted by atomic mass is 9.88. The monoisotopic (exact) mass is 338 g/mol. The number of hydrogen-bond acceptors (Lipinski definition) is 4. The highest BCUT2D eigenvalue weighted by atomic mass is 16.6. The van der Waals surface area contributed by atoms with Crippen molar-refractivity contribution in [1.29, 1.82) is 0 Å². The first kappa shape index (κ1) is 15.8. The summed E-state index contributed by atoms with van der Waals surface area (Å²) in [7, 11) is 0. The number of carbonyl (C=O) groups is 1. The molecule has 2 N–H and O–H groups in total. The summed E-state index contributed by atoms with van der Waals surface area (Å²) in [6.07, 6.45) is 2.02. The fourth-order valence-electron chi connectivity index (χ4n) is 3.26. The number of benzene rings is 2. The smallest absolute Gasteiger partial charge is 0.255 e. The molecule has 130 valence electrons. The third-order valence-electron chi connectivity index (χ3n) is 4.66. The van der Waals surface area contributed by atoms with E-state index in [4.69, 9.17) is 9.47 Å². The van der Waals surface area contributed by atoms with Gasteiger partial charge in [-0.3, -0.25) is 4.79 Å². The predicted molar refractivity (Wildman–Crippen MR) is 97.8 cm³/mol. The summed E-state index contributed by atoms with van der Waals surface area (Å²) >= 11 is 0. The van der Waals surface area contributed by atoms with Gasteiger partial charge in [0.2, 0.25) is 0 Å². The van der Waals surface area contributed by atoms with Crippen LogP contribution in [0.5, 0.6) is 11.5 Å². The minimum Gasteiger partial charge on any atom is -0.486 e. The van der Waals surface area contributed by atoms with Crippen molar-refractivity contribution in [3.63, 3.8) is 0 Å². The van der Waals surface area contributed by atoms with Gasteiger partial charge in [-0.2, -0.15) is 0 Å². The molecular formula is C20H22N2O3. The first-order chi connectivity index (χ1) is 12.0. The molecule has 0 unspecified atom stereocenters. The Morgan fingerprint density at radius 2 is 1.88 bits per heavy atom. The van der Waals surface area contributed by atoms with E-state index >= 15 is 0 Å². The van der Waals surface area contributed by atoms with E-state index in [9.17, 15) is 4.79 Å². The Morgan fingerprint density at radius 3 is 2.72 bits per heavy atom. The SMILES string of the molecule is CC1(C)CCc2cc(C(=O)Nc3ccc4c(c3)OCCO4)ccc2N1. The summed E-state index contributed by atoms with van der Waals surface area (Å²) in [5, 5.41) is 6.46. The minimum absolute atomic E-state index is 0.0992. The molecule has 0 fully saturated rings. The van der Waals surface area contributed by atoms with Gasteiger partial charge in [0.1, 0.15) is 13.2 Å². The topological polar surface area (TPSA) is 59.6 Å². The summed E-state index contributed by atoms with van der Waals surface area (Å²) < 4.78 is 11.1. The normalized spacial score (nSPS) is 17.2. The number of nitrogens with one attached hydrogen (secondary N) is 2. The number of hydrogen-bond donors (Lipinski definition) is 2. The molecule has 0 spiro atoms. The van der Waals surface area contributed by atoms with Gasteiger partial charge >= 0.3 is 0 Å². The summed E-state index contributed by atoms with van der Waals surface area (Å²) in [5.74, 6) is 1.26. The largest absolute Gasteiger partial charge is 0.486 e. The highest BCUT2D eigenvalue weighted by Crippen LogP contribution is 2.33. The Labute approximate surface area is 147 Å². The van der Waals surface area contributed by atoms with Crippen molar-refractivity contribution in [3.8, 4) is 11.5 Å². The Kier molecular flexibility index (Phi) is 3.79. The van der Waals surface area contributed by atoms with E-state index in [1.807, 2.05) is 30.3 Å². The van der Waals surface area contributed by atoms with Gasteiger partial charge in [0.05, 0.1) is 0 Å². The first-order valence-corrected chi connectivity index (χ1v) is 8.62. The summed E-state index contributed by atoms with van der Waals surface area (Å²) in [6, 6.07) is 11.3. The van der Waals surface area contributed by atoms with Crippen LogP contribution in [0.25, 0.3) is 0 Å². The van der Waals surface area contributed by atoms with Crippen LogP contribution in [0.1, 0.15) is 36.2 Å². The van der Waals surface area contributed by atoms with E-state index in [1.165, 1.54) is 5.56 Å². The van der Waals surface area contributed by atoms with Crippen molar-refractivity contribution in [2.45, 2.75) is 32.2 Å². The zero-order chi connectivity index (χ0) is 17.4. The van der Waals surface area contributed by atoms with Gasteiger partial charge in [0.25, 0.3) is 5.91 Å². The molecule has 4 rings (SSSR count). The van der Waals surface area contributed by atoms with Gasteiger partial charge in [-0.25, -0.2) is 0 Å². The second-order valence-corrected chi connectivity index (χ2v) is 7.19. The van der Waals surface area contributed by atoms with Crippen LogP contribution in [-0.2, 0) is 6.42 Å². The van der Waals surface area contributed by atoms with Crippen molar-refractivity contribution in [3.05, 3.63) is 47.5 Å². The van der Waals surface area contributed by atoms with Crippen LogP contribution < -0.4 is 20.1 Å². The summed E-state index contributed by atoms with van der Waals surface area (Å²) in [6.45, 7) is 5.47. The van der Waals surface area contributed by atoms with Crippen LogP contribution in [0.3, 0.4) is 0 Å². The molecular weight excluding hydrogens is 316 g/mol. The average Bonchev–Trinajstić information content (AvgIpc) is 2.60. The summed E-state index contributed by atoms with van der Waals surface area (Å²) in [5.41, 5.74) is 3.77. The second-order valence-electron chi connectivity index (χ2n) is 7.19. The van der Waals surface area contributed by atoms with E-state index in [0.29, 0.717) is 36.0 Å². The molecule has 0 saturated carbocycles. The van der Waals surface area contributed by atoms with Gasteiger partial charge in [0, 0.05) is 28.5 Å². The fraction of sp³-hybridized carbons (Fsp3) is 0.350. The molecule has 0 aliphatic carbocycles. The number of ether oxygens (including phenoxy) is 2. The number of rotatable bonds is 2. The number of aryl methyl sites for hydroxylation is 1. The third kappa shape index (κ3) is 3.27. The highest BCUT2D eigenvalue weighted by molar-refractivity contribution is 6.04. The molecule has 2 aromatic carbocycles. The van der Waals surface area contributed by atoms with Gasteiger partial charge in [-0.05, 0) is 62.6 Å². The van der Waals surface area contributed by atoms with Gasteiger partial charge in [-0.1, -0.05) is 0 Å². The van der Waals surface area contributed by atoms with Gasteiger partial charge in [-0.15, -0.1) is 0 Å². The van der Waals surface area contributed by atoms with Crippen molar-refractivity contribution in [1.82, 2.24) is 0 Å². The van der Waals surface area contributed by atoms with Crippen LogP contribution in [-0.4, -0.2) is 24.7 Å². The van der Waals surface area contributed by atoms with Crippen LogP contribution in [0.4, 0.5) is 11.4 Å². The first-order valence-electron chi connectivity index (χ1n) is 8.62. The molecule has 0 atom stereocenters. The Hall–Kier alpha value is -2.69. The number of anilines is 2. The van der Waals surface area contributed by atoms with Crippen molar-refractivity contribution in [2.75, 3.05) is 23.8 Å². The van der Waals surface area contributed by atoms with Crippen LogP contribution in [0.15, 0.2) is 36.4 Å². The third-order valence-corrected chi connectivity index (χ3v) is 4.66. The minimum atomic E-state index is -0.121. The predicted octanol–water partition coefficient (Wildman–Crippen LogP) is 3.85. The molecule has 1 amide bonds. The van der Waals surface area contributed by atoms with E-state index < -0.39 is 0 Å². The lowest BCUT2D eigenvalue weighted by molar-refractivity contribution is 0.102. The number of fused-ring (bicyclic) bond motifs is 2. The van der Waals surface area contributed by atoms with Crippen LogP contribution in [0.2, 0.25) is 0 Å². The van der Waals surface area contributed by atoms with E-state index in [2.05, 4.69) is 24.5 Å². The fourth-order valence-corrected chi connectivity index (χ4v) is 3.26. The standard InChI is InChI=1S/C20H22N2O3/c1-20(2)8-7-13-11-14(3-5-16(13)22-20)19(23)21-15-4-6-17-18(12-15)25-10-9-24-17/h3-6,11-12,22H,7-10H2,1-2H3,(H,21,23).